The molecular formula is C3H9FSSn. The molecule has 38 valence electrons. The van der Waals surface area contributed by atoms with Crippen molar-refractivity contribution in [2.24, 2.45) is 0 Å². The van der Waals surface area contributed by atoms with Crippen molar-refractivity contribution in [2.75, 3.05) is 0 Å². The maximum absolute atomic E-state index is 11.5. The van der Waals surface area contributed by atoms with E-state index < -0.39 is 17.0 Å². The van der Waals surface area contributed by atoms with Crippen LogP contribution in [0.5, 0.6) is 0 Å². The van der Waals surface area contributed by atoms with Gasteiger partial charge in [-0.25, -0.2) is 0 Å². The van der Waals surface area contributed by atoms with Crippen LogP contribution in [0.1, 0.15) is 0 Å². The van der Waals surface area contributed by atoms with Gasteiger partial charge in [-0.05, 0) is 0 Å². The van der Waals surface area contributed by atoms with Crippen LogP contribution in [-0.2, 0) is 0 Å². The Labute approximate surface area is 45.1 Å². The molecule has 0 amide bonds. The molecule has 3 heteroatoms. The van der Waals surface area contributed by atoms with Crippen LogP contribution in [-0.4, -0.2) is 17.0 Å². The molecule has 0 aliphatic heterocycles. The Hall–Kier alpha value is 1.08. The van der Waals surface area contributed by atoms with Crippen molar-refractivity contribution in [3.8, 4) is 0 Å². The van der Waals surface area contributed by atoms with Gasteiger partial charge in [0.25, 0.3) is 0 Å². The molecule has 0 aromatic rings. The molecule has 0 saturated carbocycles. The van der Waals surface area contributed by atoms with Crippen LogP contribution in [0.2, 0.25) is 14.8 Å². The zero-order valence-corrected chi connectivity index (χ0v) is 7.96. The van der Waals surface area contributed by atoms with Gasteiger partial charge in [-0.3, -0.25) is 0 Å². The van der Waals surface area contributed by atoms with Gasteiger partial charge in [-0.1, -0.05) is 0 Å². The standard InChI is InChI=1S/3CH3.FS.Sn/c;;;1-2;/h3*1H3;;/q;;;-1;+1. The van der Waals surface area contributed by atoms with Gasteiger partial charge >= 0.3 is 45.0 Å². The molecule has 0 unspecified atom stereocenters. The van der Waals surface area contributed by atoms with Crippen molar-refractivity contribution < 1.29 is 3.89 Å². The first-order valence-corrected chi connectivity index (χ1v) is 14.6. The fourth-order valence-corrected chi connectivity index (χ4v) is 0. The minimum atomic E-state index is -1.98. The summed E-state index contributed by atoms with van der Waals surface area (Å²) in [5, 5.41) is 0. The number of halogens is 1. The van der Waals surface area contributed by atoms with E-state index in [0.717, 1.165) is 0 Å². The molecule has 0 nitrogen and oxygen atoms in total. The monoisotopic (exact) mass is 216 g/mol. The number of hydrogen-bond acceptors (Lipinski definition) is 1. The summed E-state index contributed by atoms with van der Waals surface area (Å²) >= 11 is -1.98. The molecule has 0 spiro atoms. The summed E-state index contributed by atoms with van der Waals surface area (Å²) in [4.78, 5) is 6.12. The molecule has 0 heterocycles. The average Bonchev–Trinajstić information content (AvgIpc) is 1.35. The summed E-state index contributed by atoms with van der Waals surface area (Å²) in [6.07, 6.45) is 0. The molecule has 6 heavy (non-hydrogen) atoms. The molecule has 0 aliphatic rings. The van der Waals surface area contributed by atoms with Crippen LogP contribution < -0.4 is 0 Å². The second-order valence-corrected chi connectivity index (χ2v) is 23.9. The van der Waals surface area contributed by atoms with Gasteiger partial charge in [-0.15, -0.1) is 0 Å². The van der Waals surface area contributed by atoms with Crippen LogP contribution in [0.4, 0.5) is 3.89 Å². The number of rotatable bonds is 1. The number of hydrogen-bond donors (Lipinski definition) is 0. The van der Waals surface area contributed by atoms with Crippen LogP contribution in [0.15, 0.2) is 0 Å². The van der Waals surface area contributed by atoms with Gasteiger partial charge < -0.3 is 0 Å². The predicted molar refractivity (Wildman–Crippen MR) is 32.0 cm³/mol. The Kier molecular flexibility index (Phi) is 2.83. The summed E-state index contributed by atoms with van der Waals surface area (Å²) in [7, 11) is 0.592. The summed E-state index contributed by atoms with van der Waals surface area (Å²) in [6, 6.07) is 0. The second kappa shape index (κ2) is 2.40. The Morgan fingerprint density at radius 1 is 1.33 bits per heavy atom. The zero-order valence-electron chi connectivity index (χ0n) is 4.29. The molecule has 0 aromatic heterocycles. The van der Waals surface area contributed by atoms with Gasteiger partial charge in [0, 0.05) is 0 Å². The first-order chi connectivity index (χ1) is 2.56. The van der Waals surface area contributed by atoms with E-state index in [9.17, 15) is 3.89 Å². The van der Waals surface area contributed by atoms with Crippen molar-refractivity contribution in [2.45, 2.75) is 14.8 Å². The molecule has 0 aliphatic carbocycles. The zero-order chi connectivity index (χ0) is 5.21. The van der Waals surface area contributed by atoms with Crippen LogP contribution in [0.3, 0.4) is 0 Å². The Morgan fingerprint density at radius 2 is 1.50 bits per heavy atom. The molecule has 0 atom stereocenters. The van der Waals surface area contributed by atoms with E-state index in [1.165, 1.54) is 0 Å². The fourth-order valence-electron chi connectivity index (χ4n) is 0. The normalized spacial score (nSPS) is 12.0. The minimum absolute atomic E-state index is 0.592. The summed E-state index contributed by atoms with van der Waals surface area (Å²) in [5.74, 6) is 0. The molecule has 0 aromatic carbocycles. The van der Waals surface area contributed by atoms with E-state index in [4.69, 9.17) is 0 Å². The average molecular weight is 215 g/mol. The fraction of sp³-hybridized carbons (Fsp3) is 1.00. The molecular weight excluding hydrogens is 206 g/mol. The molecule has 0 radical (unpaired) electrons. The maximum atomic E-state index is 11.5. The van der Waals surface area contributed by atoms with E-state index in [2.05, 4.69) is 0 Å². The Balaban J connectivity index is 3.17. The first-order valence-electron chi connectivity index (χ1n) is 1.86. The van der Waals surface area contributed by atoms with Crippen LogP contribution in [0.25, 0.3) is 0 Å². The van der Waals surface area contributed by atoms with Crippen LogP contribution >= 0.6 is 9.33 Å². The third kappa shape index (κ3) is 5.08. The SMILES string of the molecule is [CH3][Sn]([CH3])([CH3])[S]F. The molecule has 0 saturated heterocycles. The molecule has 0 bridgehead atoms. The van der Waals surface area contributed by atoms with E-state index in [-0.39, 0.29) is 0 Å². The summed E-state index contributed by atoms with van der Waals surface area (Å²) in [6.45, 7) is 0. The molecule has 0 N–H and O–H groups in total. The van der Waals surface area contributed by atoms with E-state index in [0.29, 0.717) is 9.33 Å². The van der Waals surface area contributed by atoms with Crippen molar-refractivity contribution in [1.82, 2.24) is 0 Å². The summed E-state index contributed by atoms with van der Waals surface area (Å²) in [5.41, 5.74) is 0. The topological polar surface area (TPSA) is 0 Å². The van der Waals surface area contributed by atoms with E-state index >= 15 is 0 Å². The van der Waals surface area contributed by atoms with Crippen molar-refractivity contribution in [3.63, 3.8) is 0 Å². The van der Waals surface area contributed by atoms with Gasteiger partial charge in [0.05, 0.1) is 0 Å². The second-order valence-electron chi connectivity index (χ2n) is 2.19. The van der Waals surface area contributed by atoms with Crippen LogP contribution in [0, 0.1) is 0 Å². The van der Waals surface area contributed by atoms with E-state index in [1.54, 1.807) is 0 Å². The predicted octanol–water partition coefficient (Wildman–Crippen LogP) is 2.44. The third-order valence-corrected chi connectivity index (χ3v) is 4.66. The molecule has 0 fully saturated rings. The van der Waals surface area contributed by atoms with Gasteiger partial charge in [0.15, 0.2) is 0 Å². The first kappa shape index (κ1) is 7.08. The molecule has 0 rings (SSSR count). The van der Waals surface area contributed by atoms with Gasteiger partial charge in [0.2, 0.25) is 0 Å². The Bertz CT molecular complexity index is 40.5. The third-order valence-electron chi connectivity index (χ3n) is 0.231. The quantitative estimate of drug-likeness (QED) is 0.605. The van der Waals surface area contributed by atoms with Crippen molar-refractivity contribution >= 4 is 26.3 Å². The van der Waals surface area contributed by atoms with Gasteiger partial charge in [-0.2, -0.15) is 0 Å². The summed E-state index contributed by atoms with van der Waals surface area (Å²) < 4.78 is 11.5. The van der Waals surface area contributed by atoms with Crippen molar-refractivity contribution in [1.29, 1.82) is 0 Å². The van der Waals surface area contributed by atoms with E-state index in [1.807, 2.05) is 14.8 Å². The Morgan fingerprint density at radius 3 is 1.50 bits per heavy atom. The van der Waals surface area contributed by atoms with Gasteiger partial charge in [0.1, 0.15) is 0 Å². The van der Waals surface area contributed by atoms with Crippen molar-refractivity contribution in [3.05, 3.63) is 0 Å².